The van der Waals surface area contributed by atoms with E-state index in [1.807, 2.05) is 0 Å². The van der Waals surface area contributed by atoms with Gasteiger partial charge in [-0.25, -0.2) is 8.42 Å². The average Bonchev–Trinajstić information content (AvgIpc) is 2.95. The van der Waals surface area contributed by atoms with Gasteiger partial charge in [-0.3, -0.25) is 9.10 Å². The lowest BCUT2D eigenvalue weighted by atomic mass is 10.0. The van der Waals surface area contributed by atoms with E-state index < -0.39 is 21.9 Å². The summed E-state index contributed by atoms with van der Waals surface area (Å²) in [6.45, 7) is -0.109. The molecule has 0 spiro atoms. The van der Waals surface area contributed by atoms with E-state index in [1.54, 1.807) is 48.5 Å². The number of carbonyl (C=O) groups is 1. The van der Waals surface area contributed by atoms with Crippen molar-refractivity contribution >= 4 is 39.4 Å². The molecule has 2 aromatic rings. The average molecular weight is 364 g/mol. The Labute approximate surface area is 144 Å². The van der Waals surface area contributed by atoms with Gasteiger partial charge >= 0.3 is 5.97 Å². The van der Waals surface area contributed by atoms with Crippen LogP contribution in [0.25, 0.3) is 6.08 Å². The summed E-state index contributed by atoms with van der Waals surface area (Å²) < 4.78 is 26.4. The first-order chi connectivity index (χ1) is 11.4. The number of anilines is 1. The van der Waals surface area contributed by atoms with Gasteiger partial charge in [0.05, 0.1) is 17.6 Å². The van der Waals surface area contributed by atoms with Gasteiger partial charge in [-0.05, 0) is 35.4 Å². The van der Waals surface area contributed by atoms with Crippen molar-refractivity contribution in [2.75, 3.05) is 10.8 Å². The van der Waals surface area contributed by atoms with Crippen molar-refractivity contribution in [3.63, 3.8) is 0 Å². The molecule has 1 atom stereocenters. The second-order valence-electron chi connectivity index (χ2n) is 5.38. The van der Waals surface area contributed by atoms with Crippen molar-refractivity contribution in [2.24, 2.45) is 0 Å². The molecular weight excluding hydrogens is 350 g/mol. The largest absolute Gasteiger partial charge is 0.481 e. The van der Waals surface area contributed by atoms with Crippen molar-refractivity contribution in [3.8, 4) is 0 Å². The number of hydrogen-bond donors (Lipinski definition) is 1. The minimum atomic E-state index is -3.79. The van der Waals surface area contributed by atoms with Crippen LogP contribution in [0.1, 0.15) is 17.0 Å². The minimum Gasteiger partial charge on any atom is -0.481 e. The first kappa shape index (κ1) is 16.5. The van der Waals surface area contributed by atoms with Gasteiger partial charge in [0.15, 0.2) is 0 Å². The zero-order valence-corrected chi connectivity index (χ0v) is 14.0. The molecule has 1 N–H and O–H groups in total. The first-order valence-electron chi connectivity index (χ1n) is 7.16. The van der Waals surface area contributed by atoms with E-state index in [9.17, 15) is 18.3 Å². The molecule has 0 fully saturated rings. The zero-order chi connectivity index (χ0) is 17.3. The Hall–Kier alpha value is -2.31. The van der Waals surface area contributed by atoms with E-state index in [0.717, 1.165) is 9.71 Å². The van der Waals surface area contributed by atoms with E-state index >= 15 is 0 Å². The van der Waals surface area contributed by atoms with Gasteiger partial charge in [-0.1, -0.05) is 41.9 Å². The second kappa shape index (κ2) is 6.30. The number of nitrogens with zero attached hydrogens (tertiary/aromatic N) is 1. The predicted molar refractivity (Wildman–Crippen MR) is 93.6 cm³/mol. The van der Waals surface area contributed by atoms with E-state index in [0.29, 0.717) is 21.8 Å². The topological polar surface area (TPSA) is 74.7 Å². The predicted octanol–water partition coefficient (Wildman–Crippen LogP) is 3.33. The van der Waals surface area contributed by atoms with Crippen LogP contribution in [0.4, 0.5) is 5.69 Å². The molecule has 0 unspecified atom stereocenters. The van der Waals surface area contributed by atoms with E-state index in [-0.39, 0.29) is 6.54 Å². The number of halogens is 1. The molecule has 1 aliphatic heterocycles. The van der Waals surface area contributed by atoms with Crippen molar-refractivity contribution in [2.45, 2.75) is 5.92 Å². The van der Waals surface area contributed by atoms with Gasteiger partial charge in [0.2, 0.25) is 0 Å². The standard InChI is InChI=1S/C17H14ClNO4S/c18-13-7-5-12(6-8-13)9-10-24(22,23)19-11-15(17(20)21)14-3-1-2-4-16(14)19/h1-10,15H,11H2,(H,20,21)/b10-9+/t15-/m1/s1. The molecule has 3 rings (SSSR count). The molecule has 0 amide bonds. The highest BCUT2D eigenvalue weighted by molar-refractivity contribution is 7.95. The number of para-hydroxylation sites is 1. The third kappa shape index (κ3) is 3.16. The molecule has 0 saturated heterocycles. The van der Waals surface area contributed by atoms with Gasteiger partial charge in [-0.15, -0.1) is 0 Å². The molecule has 1 heterocycles. The summed E-state index contributed by atoms with van der Waals surface area (Å²) in [5.41, 5.74) is 1.60. The Morgan fingerprint density at radius 1 is 1.17 bits per heavy atom. The summed E-state index contributed by atoms with van der Waals surface area (Å²) in [4.78, 5) is 11.4. The monoisotopic (exact) mass is 363 g/mol. The summed E-state index contributed by atoms with van der Waals surface area (Å²) >= 11 is 5.80. The number of sulfonamides is 1. The fourth-order valence-electron chi connectivity index (χ4n) is 2.64. The molecule has 124 valence electrons. The molecule has 0 bridgehead atoms. The maximum Gasteiger partial charge on any atom is 0.312 e. The summed E-state index contributed by atoms with van der Waals surface area (Å²) in [6, 6.07) is 13.4. The highest BCUT2D eigenvalue weighted by Crippen LogP contribution is 2.38. The molecule has 2 aromatic carbocycles. The van der Waals surface area contributed by atoms with E-state index in [1.165, 1.54) is 6.08 Å². The number of rotatable bonds is 4. The van der Waals surface area contributed by atoms with Crippen LogP contribution >= 0.6 is 11.6 Å². The number of fused-ring (bicyclic) bond motifs is 1. The molecule has 7 heteroatoms. The Kier molecular flexibility index (Phi) is 4.34. The summed E-state index contributed by atoms with van der Waals surface area (Å²) in [7, 11) is -3.79. The lowest BCUT2D eigenvalue weighted by molar-refractivity contribution is -0.138. The summed E-state index contributed by atoms with van der Waals surface area (Å²) in [6.07, 6.45) is 1.46. The second-order valence-corrected chi connectivity index (χ2v) is 7.56. The Morgan fingerprint density at radius 2 is 1.83 bits per heavy atom. The van der Waals surface area contributed by atoms with E-state index in [2.05, 4.69) is 0 Å². The van der Waals surface area contributed by atoms with Gasteiger partial charge < -0.3 is 5.11 Å². The fourth-order valence-corrected chi connectivity index (χ4v) is 4.04. The molecule has 24 heavy (non-hydrogen) atoms. The normalized spacial score (nSPS) is 17.2. The van der Waals surface area contributed by atoms with E-state index in [4.69, 9.17) is 11.6 Å². The lowest BCUT2D eigenvalue weighted by Gasteiger charge is -2.17. The maximum atomic E-state index is 12.6. The molecule has 0 saturated carbocycles. The number of hydrogen-bond acceptors (Lipinski definition) is 3. The van der Waals surface area contributed by atoms with Crippen LogP contribution in [0.5, 0.6) is 0 Å². The van der Waals surface area contributed by atoms with Crippen LogP contribution in [0, 0.1) is 0 Å². The quantitative estimate of drug-likeness (QED) is 0.904. The number of carboxylic acids is 1. The number of carboxylic acid groups (broad SMARTS) is 1. The van der Waals surface area contributed by atoms with Crippen LogP contribution < -0.4 is 4.31 Å². The van der Waals surface area contributed by atoms with Gasteiger partial charge in [0, 0.05) is 5.02 Å². The SMILES string of the molecule is O=C(O)[C@@H]1CN(S(=O)(=O)/C=C/c2ccc(Cl)cc2)c2ccccc21. The van der Waals surface area contributed by atoms with Crippen LogP contribution in [-0.4, -0.2) is 26.0 Å². The Morgan fingerprint density at radius 3 is 2.50 bits per heavy atom. The highest BCUT2D eigenvalue weighted by atomic mass is 35.5. The Bertz CT molecular complexity index is 906. The Balaban J connectivity index is 1.93. The lowest BCUT2D eigenvalue weighted by Crippen LogP contribution is -2.29. The number of benzene rings is 2. The maximum absolute atomic E-state index is 12.6. The molecule has 1 aliphatic rings. The minimum absolute atomic E-state index is 0.109. The molecule has 5 nitrogen and oxygen atoms in total. The van der Waals surface area contributed by atoms with Crippen molar-refractivity contribution in [1.82, 2.24) is 0 Å². The smallest absolute Gasteiger partial charge is 0.312 e. The van der Waals surface area contributed by atoms with Crippen LogP contribution in [0.2, 0.25) is 5.02 Å². The highest BCUT2D eigenvalue weighted by Gasteiger charge is 2.38. The number of aliphatic carboxylic acids is 1. The van der Waals surface area contributed by atoms with Crippen LogP contribution in [0.15, 0.2) is 53.9 Å². The van der Waals surface area contributed by atoms with Crippen molar-refractivity contribution in [1.29, 1.82) is 0 Å². The third-order valence-electron chi connectivity index (χ3n) is 3.84. The summed E-state index contributed by atoms with van der Waals surface area (Å²) in [5, 5.41) is 11.0. The van der Waals surface area contributed by atoms with Crippen molar-refractivity contribution < 1.29 is 18.3 Å². The van der Waals surface area contributed by atoms with Gasteiger partial charge in [0.1, 0.15) is 5.92 Å². The van der Waals surface area contributed by atoms with Gasteiger partial charge in [0.25, 0.3) is 10.0 Å². The summed E-state index contributed by atoms with van der Waals surface area (Å²) in [5.74, 6) is -1.90. The van der Waals surface area contributed by atoms with Crippen molar-refractivity contribution in [3.05, 3.63) is 70.1 Å². The zero-order valence-electron chi connectivity index (χ0n) is 12.5. The molecule has 0 aromatic heterocycles. The third-order valence-corrected chi connectivity index (χ3v) is 5.53. The fraction of sp³-hybridized carbons (Fsp3) is 0.118. The molecule has 0 radical (unpaired) electrons. The van der Waals surface area contributed by atoms with Gasteiger partial charge in [-0.2, -0.15) is 0 Å². The molecule has 0 aliphatic carbocycles. The van der Waals surface area contributed by atoms with Crippen LogP contribution in [0.3, 0.4) is 0 Å². The molecular formula is C17H14ClNO4S. The first-order valence-corrected chi connectivity index (χ1v) is 9.05. The van der Waals surface area contributed by atoms with Crippen LogP contribution in [-0.2, 0) is 14.8 Å².